The Bertz CT molecular complexity index is 1730. The molecule has 0 unspecified atom stereocenters. The minimum absolute atomic E-state index is 0.00680. The third kappa shape index (κ3) is 4.85. The van der Waals surface area contributed by atoms with Gasteiger partial charge in [0, 0.05) is 18.3 Å². The smallest absolute Gasteiger partial charge is 0.310 e. The summed E-state index contributed by atoms with van der Waals surface area (Å²) in [4.78, 5) is 26.9. The zero-order valence-corrected chi connectivity index (χ0v) is 29.0. The minimum atomic E-state index is -1.81. The third-order valence-electron chi connectivity index (χ3n) is 10.8. The quantitative estimate of drug-likeness (QED) is 0.209. The van der Waals surface area contributed by atoms with Gasteiger partial charge in [-0.2, -0.15) is 0 Å². The number of fused-ring (bicyclic) bond motifs is 2. The number of methoxy groups -OCH3 is 1. The Morgan fingerprint density at radius 2 is 1.89 bits per heavy atom. The topological polar surface area (TPSA) is 121 Å². The molecule has 248 valence electrons. The van der Waals surface area contributed by atoms with E-state index in [9.17, 15) is 19.8 Å². The Hall–Kier alpha value is -3.03. The number of hydrogen-bond acceptors (Lipinski definition) is 9. The van der Waals surface area contributed by atoms with Crippen LogP contribution in [-0.2, 0) is 41.4 Å². The van der Waals surface area contributed by atoms with Crippen LogP contribution in [0.25, 0.3) is 0 Å². The predicted octanol–water partition coefficient (Wildman–Crippen LogP) is 5.35. The second kappa shape index (κ2) is 11.3. The van der Waals surface area contributed by atoms with Crippen molar-refractivity contribution in [1.29, 1.82) is 0 Å². The van der Waals surface area contributed by atoms with Crippen molar-refractivity contribution >= 4 is 34.3 Å². The van der Waals surface area contributed by atoms with E-state index < -0.39 is 46.7 Å². The van der Waals surface area contributed by atoms with E-state index in [2.05, 4.69) is 13.5 Å². The standard InChI is InChI=1S/C37H39IO9/c1-20(2)35-16-22(4)37-26(33(35)45-36(46-35,47-37)18-23-9-7-6-8-10-23)12-25(17-34(42)29(37)11-21(3)32(34)41)19-44-30(39)15-24-13-27(38)31(40)28(14-24)43-5/h6-14,22,26,29,33,40,42H,1,15-19H2,2-5H3/t22-,26-,29-,33+,34+,35+,36+,37+/m1/s1. The van der Waals surface area contributed by atoms with E-state index in [0.717, 1.165) is 11.1 Å². The molecule has 0 radical (unpaired) electrons. The minimum Gasteiger partial charge on any atom is -0.504 e. The number of phenols is 1. The monoisotopic (exact) mass is 754 g/mol. The van der Waals surface area contributed by atoms with Gasteiger partial charge < -0.3 is 33.9 Å². The first kappa shape index (κ1) is 32.5. The van der Waals surface area contributed by atoms with E-state index in [0.29, 0.717) is 33.1 Å². The maximum absolute atomic E-state index is 13.8. The summed E-state index contributed by atoms with van der Waals surface area (Å²) in [6.45, 7) is 9.99. The van der Waals surface area contributed by atoms with Crippen LogP contribution in [0, 0.1) is 21.3 Å². The fraction of sp³-hybridized carbons (Fsp3) is 0.459. The molecule has 3 aliphatic carbocycles. The molecule has 2 aromatic rings. The highest BCUT2D eigenvalue weighted by Crippen LogP contribution is 2.68. The molecule has 3 fully saturated rings. The van der Waals surface area contributed by atoms with Crippen LogP contribution in [0.1, 0.15) is 44.7 Å². The molecule has 8 atom stereocenters. The van der Waals surface area contributed by atoms with Gasteiger partial charge in [-0.15, -0.1) is 0 Å². The number of Topliss-reactive ketones (excluding diaryl/α,β-unsaturated/α-hetero) is 1. The molecule has 0 spiro atoms. The van der Waals surface area contributed by atoms with Crippen molar-refractivity contribution in [2.75, 3.05) is 13.7 Å². The Morgan fingerprint density at radius 3 is 2.60 bits per heavy atom. The third-order valence-corrected chi connectivity index (χ3v) is 11.6. The largest absolute Gasteiger partial charge is 0.504 e. The number of halogens is 1. The first-order chi connectivity index (χ1) is 22.3. The SMILES string of the molecule is C=C(C)[C@@]12C[C@@H](C)[C@]34O[C@@](Cc5ccccc5)(O[C@H]1[C@H]3C=C(COC(=O)Cc1cc(I)c(O)c(OC)c1)C[C@@]1(O)C(=O)C(C)=C[C@@H]41)O2. The average Bonchev–Trinajstić information content (AvgIpc) is 3.33. The highest BCUT2D eigenvalue weighted by atomic mass is 127. The first-order valence-corrected chi connectivity index (χ1v) is 17.0. The summed E-state index contributed by atoms with van der Waals surface area (Å²) in [6.07, 6.45) is 4.13. The van der Waals surface area contributed by atoms with Crippen LogP contribution in [0.5, 0.6) is 11.5 Å². The lowest BCUT2D eigenvalue weighted by Gasteiger charge is -2.59. The molecule has 0 aromatic heterocycles. The molecule has 3 bridgehead atoms. The number of benzene rings is 2. The fourth-order valence-corrected chi connectivity index (χ4v) is 9.43. The summed E-state index contributed by atoms with van der Waals surface area (Å²) >= 11 is 1.98. The van der Waals surface area contributed by atoms with Gasteiger partial charge in [0.05, 0.1) is 29.1 Å². The van der Waals surface area contributed by atoms with E-state index in [-0.39, 0.29) is 42.6 Å². The zero-order valence-electron chi connectivity index (χ0n) is 26.9. The fourth-order valence-electron chi connectivity index (χ4n) is 8.76. The summed E-state index contributed by atoms with van der Waals surface area (Å²) < 4.78 is 32.5. The van der Waals surface area contributed by atoms with E-state index in [1.54, 1.807) is 19.1 Å². The number of aliphatic hydroxyl groups is 1. The highest BCUT2D eigenvalue weighted by molar-refractivity contribution is 14.1. The van der Waals surface area contributed by atoms with Gasteiger partial charge in [-0.1, -0.05) is 56.0 Å². The van der Waals surface area contributed by atoms with Crippen LogP contribution in [0.15, 0.2) is 77.9 Å². The lowest BCUT2D eigenvalue weighted by atomic mass is 9.55. The molecule has 47 heavy (non-hydrogen) atoms. The number of carbonyl (C=O) groups excluding carboxylic acids is 2. The zero-order chi connectivity index (χ0) is 33.5. The average molecular weight is 755 g/mol. The Balaban J connectivity index is 1.26. The molecule has 5 aliphatic rings. The molecule has 0 amide bonds. The second-order valence-electron chi connectivity index (χ2n) is 13.8. The number of esters is 1. The number of ketones is 1. The number of aromatic hydroxyl groups is 1. The molecule has 2 N–H and O–H groups in total. The lowest BCUT2D eigenvalue weighted by Crippen LogP contribution is -2.70. The van der Waals surface area contributed by atoms with Crippen molar-refractivity contribution in [2.45, 2.75) is 75.3 Å². The molecular weight excluding hydrogens is 715 g/mol. The van der Waals surface area contributed by atoms with Gasteiger partial charge in [-0.05, 0) is 88.8 Å². The van der Waals surface area contributed by atoms with Crippen molar-refractivity contribution < 1.29 is 43.5 Å². The lowest BCUT2D eigenvalue weighted by molar-refractivity contribution is -0.421. The molecule has 9 nitrogen and oxygen atoms in total. The van der Waals surface area contributed by atoms with E-state index >= 15 is 0 Å². The maximum Gasteiger partial charge on any atom is 0.310 e. The van der Waals surface area contributed by atoms with Crippen LogP contribution >= 0.6 is 22.6 Å². The second-order valence-corrected chi connectivity index (χ2v) is 15.0. The van der Waals surface area contributed by atoms with Gasteiger partial charge in [-0.25, -0.2) is 0 Å². The molecular formula is C37H39IO9. The van der Waals surface area contributed by atoms with E-state index in [4.69, 9.17) is 23.7 Å². The Kier molecular flexibility index (Phi) is 7.79. The number of carbonyl (C=O) groups is 2. The molecule has 2 heterocycles. The van der Waals surface area contributed by atoms with Crippen molar-refractivity contribution in [3.8, 4) is 11.5 Å². The Labute approximate surface area is 287 Å². The number of rotatable bonds is 8. The summed E-state index contributed by atoms with van der Waals surface area (Å²) in [6, 6.07) is 13.1. The Morgan fingerprint density at radius 1 is 1.15 bits per heavy atom. The summed E-state index contributed by atoms with van der Waals surface area (Å²) in [5, 5.41) is 22.6. The molecule has 2 aliphatic heterocycles. The van der Waals surface area contributed by atoms with Crippen LogP contribution in [0.2, 0.25) is 0 Å². The van der Waals surface area contributed by atoms with Crippen LogP contribution < -0.4 is 4.74 Å². The van der Waals surface area contributed by atoms with Crippen LogP contribution in [0.4, 0.5) is 0 Å². The molecule has 10 heteroatoms. The summed E-state index contributed by atoms with van der Waals surface area (Å²) in [5.74, 6) is -3.34. The van der Waals surface area contributed by atoms with E-state index in [1.807, 2.05) is 72.0 Å². The van der Waals surface area contributed by atoms with Crippen molar-refractivity contribution in [3.63, 3.8) is 0 Å². The molecule has 7 rings (SSSR count). The molecule has 2 saturated heterocycles. The number of phenolic OH excluding ortho intramolecular Hbond substituents is 1. The summed E-state index contributed by atoms with van der Waals surface area (Å²) in [5.41, 5.74) is -0.244. The molecule has 1 saturated carbocycles. The van der Waals surface area contributed by atoms with E-state index in [1.165, 1.54) is 7.11 Å². The van der Waals surface area contributed by atoms with Gasteiger partial charge in [0.25, 0.3) is 5.97 Å². The van der Waals surface area contributed by atoms with Gasteiger partial charge >= 0.3 is 5.97 Å². The van der Waals surface area contributed by atoms with Crippen molar-refractivity contribution in [3.05, 3.63) is 92.6 Å². The van der Waals surface area contributed by atoms with Gasteiger partial charge in [-0.3, -0.25) is 9.59 Å². The van der Waals surface area contributed by atoms with Crippen LogP contribution in [-0.4, -0.2) is 64.6 Å². The van der Waals surface area contributed by atoms with Gasteiger partial charge in [0.15, 0.2) is 17.3 Å². The maximum atomic E-state index is 13.8. The normalized spacial score (nSPS) is 36.6. The predicted molar refractivity (Wildman–Crippen MR) is 179 cm³/mol. The van der Waals surface area contributed by atoms with Crippen molar-refractivity contribution in [1.82, 2.24) is 0 Å². The molecule has 2 aromatic carbocycles. The highest BCUT2D eigenvalue weighted by Gasteiger charge is 2.79. The number of hydrogen-bond donors (Lipinski definition) is 2. The van der Waals surface area contributed by atoms with Crippen LogP contribution in [0.3, 0.4) is 0 Å². The number of ether oxygens (including phenoxy) is 5. The summed E-state index contributed by atoms with van der Waals surface area (Å²) in [7, 11) is 1.45. The first-order valence-electron chi connectivity index (χ1n) is 15.9. The van der Waals surface area contributed by atoms with Gasteiger partial charge in [0.1, 0.15) is 23.9 Å². The van der Waals surface area contributed by atoms with Gasteiger partial charge in [0.2, 0.25) is 0 Å². The van der Waals surface area contributed by atoms with Crippen molar-refractivity contribution in [2.24, 2.45) is 17.8 Å².